The zero-order valence-corrected chi connectivity index (χ0v) is 11.3. The Bertz CT molecular complexity index is 260. The minimum atomic E-state index is -0.624. The molecule has 1 aliphatic rings. The molecule has 2 atom stereocenters. The lowest BCUT2D eigenvalue weighted by atomic mass is 9.89. The number of likely N-dealkylation sites (tertiary alicyclic amines) is 1. The van der Waals surface area contributed by atoms with Crippen LogP contribution in [0.4, 0.5) is 0 Å². The number of carbonyl (C=O) groups is 1. The van der Waals surface area contributed by atoms with Gasteiger partial charge >= 0.3 is 0 Å². The standard InChI is InChI=1S/C13H26N2O2/c1-4-13(17)8-15(9-13)12(16)10(2)6-5-7-11(3)14/h10-11,17H,4-9,14H2,1-3H3. The molecule has 1 saturated heterocycles. The Hall–Kier alpha value is -0.610. The third-order valence-corrected chi connectivity index (χ3v) is 3.66. The summed E-state index contributed by atoms with van der Waals surface area (Å²) in [7, 11) is 0. The zero-order chi connectivity index (χ0) is 13.1. The van der Waals surface area contributed by atoms with Crippen LogP contribution in [0.3, 0.4) is 0 Å². The van der Waals surface area contributed by atoms with Gasteiger partial charge in [-0.25, -0.2) is 0 Å². The molecule has 0 aromatic heterocycles. The fourth-order valence-electron chi connectivity index (χ4n) is 2.22. The molecule has 17 heavy (non-hydrogen) atoms. The number of rotatable bonds is 6. The van der Waals surface area contributed by atoms with Gasteiger partial charge in [-0.15, -0.1) is 0 Å². The molecule has 0 saturated carbocycles. The summed E-state index contributed by atoms with van der Waals surface area (Å²) in [6.45, 7) is 6.91. The van der Waals surface area contributed by atoms with Crippen molar-refractivity contribution in [1.82, 2.24) is 4.90 Å². The lowest BCUT2D eigenvalue weighted by Gasteiger charge is -2.47. The molecule has 0 bridgehead atoms. The first-order chi connectivity index (χ1) is 7.88. The van der Waals surface area contributed by atoms with Gasteiger partial charge in [0.2, 0.25) is 5.91 Å². The van der Waals surface area contributed by atoms with E-state index in [1.165, 1.54) is 0 Å². The number of hydrogen-bond acceptors (Lipinski definition) is 3. The van der Waals surface area contributed by atoms with Crippen molar-refractivity contribution in [1.29, 1.82) is 0 Å². The van der Waals surface area contributed by atoms with Crippen molar-refractivity contribution >= 4 is 5.91 Å². The summed E-state index contributed by atoms with van der Waals surface area (Å²) in [5, 5.41) is 9.86. The van der Waals surface area contributed by atoms with E-state index in [0.717, 1.165) is 25.7 Å². The second-order valence-electron chi connectivity index (χ2n) is 5.58. The van der Waals surface area contributed by atoms with Gasteiger partial charge < -0.3 is 15.7 Å². The molecule has 0 radical (unpaired) electrons. The van der Waals surface area contributed by atoms with Gasteiger partial charge in [-0.05, 0) is 26.2 Å². The van der Waals surface area contributed by atoms with Crippen molar-refractivity contribution in [3.05, 3.63) is 0 Å². The highest BCUT2D eigenvalue weighted by Gasteiger charge is 2.42. The van der Waals surface area contributed by atoms with E-state index >= 15 is 0 Å². The Morgan fingerprint density at radius 1 is 1.41 bits per heavy atom. The van der Waals surface area contributed by atoms with Crippen LogP contribution in [0.2, 0.25) is 0 Å². The number of amides is 1. The smallest absolute Gasteiger partial charge is 0.225 e. The second kappa shape index (κ2) is 5.83. The van der Waals surface area contributed by atoms with Crippen LogP contribution in [0, 0.1) is 5.92 Å². The van der Waals surface area contributed by atoms with Crippen LogP contribution in [0.15, 0.2) is 0 Å². The maximum Gasteiger partial charge on any atom is 0.225 e. The van der Waals surface area contributed by atoms with Gasteiger partial charge in [0, 0.05) is 12.0 Å². The molecule has 0 aromatic rings. The summed E-state index contributed by atoms with van der Waals surface area (Å²) in [5.41, 5.74) is 5.05. The third kappa shape index (κ3) is 3.96. The summed E-state index contributed by atoms with van der Waals surface area (Å²) in [4.78, 5) is 13.8. The first-order valence-electron chi connectivity index (χ1n) is 6.64. The first kappa shape index (κ1) is 14.5. The average Bonchev–Trinajstić information content (AvgIpc) is 2.23. The van der Waals surface area contributed by atoms with Gasteiger partial charge in [-0.3, -0.25) is 4.79 Å². The SMILES string of the molecule is CCC1(O)CN(C(=O)C(C)CCCC(C)N)C1. The highest BCUT2D eigenvalue weighted by molar-refractivity contribution is 5.79. The number of nitrogens with two attached hydrogens (primary N) is 1. The number of nitrogens with zero attached hydrogens (tertiary/aromatic N) is 1. The summed E-state index contributed by atoms with van der Waals surface area (Å²) in [6, 6.07) is 0.214. The van der Waals surface area contributed by atoms with Crippen LogP contribution in [0.5, 0.6) is 0 Å². The fraction of sp³-hybridized carbons (Fsp3) is 0.923. The van der Waals surface area contributed by atoms with Crippen molar-refractivity contribution < 1.29 is 9.90 Å². The quantitative estimate of drug-likeness (QED) is 0.733. The van der Waals surface area contributed by atoms with Crippen molar-refractivity contribution in [2.75, 3.05) is 13.1 Å². The molecule has 2 unspecified atom stereocenters. The lowest BCUT2D eigenvalue weighted by molar-refractivity contribution is -0.159. The van der Waals surface area contributed by atoms with Crippen LogP contribution >= 0.6 is 0 Å². The second-order valence-corrected chi connectivity index (χ2v) is 5.58. The van der Waals surface area contributed by atoms with Gasteiger partial charge in [0.25, 0.3) is 0 Å². The number of β-amino-alcohol motifs (C(OH)–C–C–N with tert-alkyl or cyclic N) is 1. The molecule has 4 heteroatoms. The largest absolute Gasteiger partial charge is 0.386 e. The molecule has 1 amide bonds. The topological polar surface area (TPSA) is 66.6 Å². The maximum absolute atomic E-state index is 12.0. The molecule has 4 nitrogen and oxygen atoms in total. The molecule has 100 valence electrons. The average molecular weight is 242 g/mol. The summed E-state index contributed by atoms with van der Waals surface area (Å²) >= 11 is 0. The van der Waals surface area contributed by atoms with Crippen molar-refractivity contribution in [2.24, 2.45) is 11.7 Å². The third-order valence-electron chi connectivity index (χ3n) is 3.66. The van der Waals surface area contributed by atoms with Crippen molar-refractivity contribution in [3.63, 3.8) is 0 Å². The summed E-state index contributed by atoms with van der Waals surface area (Å²) < 4.78 is 0. The Balaban J connectivity index is 2.24. The van der Waals surface area contributed by atoms with E-state index in [9.17, 15) is 9.90 Å². The van der Waals surface area contributed by atoms with E-state index in [1.54, 1.807) is 4.90 Å². The zero-order valence-electron chi connectivity index (χ0n) is 11.3. The molecule has 1 rings (SSSR count). The predicted octanol–water partition coefficient (Wildman–Crippen LogP) is 1.12. The van der Waals surface area contributed by atoms with E-state index < -0.39 is 5.60 Å². The van der Waals surface area contributed by atoms with E-state index in [-0.39, 0.29) is 17.9 Å². The van der Waals surface area contributed by atoms with Gasteiger partial charge in [0.15, 0.2) is 0 Å². The van der Waals surface area contributed by atoms with E-state index in [0.29, 0.717) is 13.1 Å². The monoisotopic (exact) mass is 242 g/mol. The molecular formula is C13H26N2O2. The van der Waals surface area contributed by atoms with Crippen molar-refractivity contribution in [2.45, 2.75) is 58.1 Å². The molecule has 0 aromatic carbocycles. The minimum absolute atomic E-state index is 0.0511. The number of aliphatic hydroxyl groups is 1. The molecular weight excluding hydrogens is 216 g/mol. The van der Waals surface area contributed by atoms with Crippen LogP contribution < -0.4 is 5.73 Å². The molecule has 0 aliphatic carbocycles. The number of hydrogen-bond donors (Lipinski definition) is 2. The Labute approximate surface area is 104 Å². The van der Waals surface area contributed by atoms with E-state index in [1.807, 2.05) is 20.8 Å². The summed E-state index contributed by atoms with van der Waals surface area (Å²) in [5.74, 6) is 0.225. The fourth-order valence-corrected chi connectivity index (χ4v) is 2.22. The highest BCUT2D eigenvalue weighted by Crippen LogP contribution is 2.26. The van der Waals surface area contributed by atoms with Crippen molar-refractivity contribution in [3.8, 4) is 0 Å². The molecule has 1 fully saturated rings. The van der Waals surface area contributed by atoms with Gasteiger partial charge in [0.05, 0.1) is 18.7 Å². The lowest BCUT2D eigenvalue weighted by Crippen LogP contribution is -2.63. The molecule has 1 heterocycles. The summed E-state index contributed by atoms with van der Waals surface area (Å²) in [6.07, 6.45) is 3.57. The Kier molecular flexibility index (Phi) is 4.95. The number of carbonyl (C=O) groups excluding carboxylic acids is 1. The first-order valence-corrected chi connectivity index (χ1v) is 6.64. The van der Waals surface area contributed by atoms with Crippen LogP contribution in [0.25, 0.3) is 0 Å². The molecule has 1 aliphatic heterocycles. The van der Waals surface area contributed by atoms with Gasteiger partial charge in [0.1, 0.15) is 0 Å². The predicted molar refractivity (Wildman–Crippen MR) is 68.5 cm³/mol. The molecule has 3 N–H and O–H groups in total. The minimum Gasteiger partial charge on any atom is -0.386 e. The normalized spacial score (nSPS) is 21.8. The molecule has 0 spiro atoms. The van der Waals surface area contributed by atoms with Crippen LogP contribution in [-0.4, -0.2) is 40.6 Å². The Morgan fingerprint density at radius 2 is 2.00 bits per heavy atom. The van der Waals surface area contributed by atoms with E-state index in [2.05, 4.69) is 0 Å². The highest BCUT2D eigenvalue weighted by atomic mass is 16.3. The maximum atomic E-state index is 12.0. The van der Waals surface area contributed by atoms with Gasteiger partial charge in [-0.2, -0.15) is 0 Å². The van der Waals surface area contributed by atoms with Gasteiger partial charge in [-0.1, -0.05) is 20.3 Å². The Morgan fingerprint density at radius 3 is 2.47 bits per heavy atom. The van der Waals surface area contributed by atoms with Crippen LogP contribution in [0.1, 0.15) is 46.5 Å². The van der Waals surface area contributed by atoms with E-state index in [4.69, 9.17) is 5.73 Å². The van der Waals surface area contributed by atoms with Crippen LogP contribution in [-0.2, 0) is 4.79 Å².